The second-order valence-electron chi connectivity index (χ2n) is 19.3. The first-order chi connectivity index (χ1) is 30.3. The van der Waals surface area contributed by atoms with Gasteiger partial charge in [0.15, 0.2) is 23.0 Å². The van der Waals surface area contributed by atoms with Crippen molar-refractivity contribution in [3.63, 3.8) is 0 Å². The molecule has 2 heterocycles. The maximum Gasteiger partial charge on any atom is 0.253 e. The van der Waals surface area contributed by atoms with E-state index in [0.717, 1.165) is 56.4 Å². The van der Waals surface area contributed by atoms with Crippen molar-refractivity contribution in [3.8, 4) is 0 Å². The molecule has 11 atom stereocenters. The van der Waals surface area contributed by atoms with Crippen molar-refractivity contribution in [3.05, 3.63) is 108 Å². The highest BCUT2D eigenvalue weighted by molar-refractivity contribution is 7.99. The molecule has 4 aliphatic carbocycles. The molecule has 0 spiro atoms. The van der Waals surface area contributed by atoms with Gasteiger partial charge in [-0.1, -0.05) is 87.2 Å². The third-order valence-corrected chi connectivity index (χ3v) is 16.3. The number of nitrogens with one attached hydrogen (secondary N) is 1. The zero-order chi connectivity index (χ0) is 45.9. The summed E-state index contributed by atoms with van der Waals surface area (Å²) >= 11 is 1.54. The predicted octanol–water partition coefficient (Wildman–Crippen LogP) is 6.13. The van der Waals surface area contributed by atoms with Crippen LogP contribution in [0.4, 0.5) is 0 Å². The standard InChI is InChI=1S/C51H58N2O10S/c1-29-19-21-48(4)34(23-29)11-16-38-39-26-43-51(42(58)28-54,49(39,5)27-41(57)46(38)48)63-50(6,62-43)33-9-14-37(15-10-33)64-36-12-7-32(8-13-36)25-40(56)31(3)52-47(61)30(2)24-35(55)20-22-53-44(59)17-18-45(53)60/h7-10,12-15,17-19,21,23,30-31,38-39,41,43,46,54,57H,1,11,16,20,22,24-28H2,2-6H3,(H,52,61)/t30-,31+,38+,39+,41+,43-,46-,48+,49+,50+,51-/m1/s1. The van der Waals surface area contributed by atoms with Crippen molar-refractivity contribution in [1.29, 1.82) is 0 Å². The average Bonchev–Trinajstić information content (AvgIpc) is 3.84. The van der Waals surface area contributed by atoms with Crippen LogP contribution in [0.15, 0.2) is 106 Å². The van der Waals surface area contributed by atoms with Crippen LogP contribution in [-0.4, -0.2) is 87.2 Å². The van der Waals surface area contributed by atoms with Gasteiger partial charge in [0, 0.05) is 76.0 Å². The number of Topliss-reactive ketones (excluding diaryl/α,β-unsaturated/α-hetero) is 3. The van der Waals surface area contributed by atoms with E-state index in [1.54, 1.807) is 13.8 Å². The smallest absolute Gasteiger partial charge is 0.253 e. The molecule has 13 heteroatoms. The van der Waals surface area contributed by atoms with Crippen molar-refractivity contribution < 1.29 is 48.5 Å². The molecule has 2 aromatic carbocycles. The lowest BCUT2D eigenvalue weighted by atomic mass is 9.46. The van der Waals surface area contributed by atoms with Crippen LogP contribution in [-0.2, 0) is 50.4 Å². The molecule has 338 valence electrons. The zero-order valence-corrected chi connectivity index (χ0v) is 38.0. The SMILES string of the molecule is C=C1C=C[C@@]2(C)C(=C1)CC[C@@H]1[C@@H]2[C@@H](O)C[C@@]2(C)[C@H]1C[C@H]1O[C@](C)(c3ccc(Sc4ccc(CC(=O)[C@H](C)NC(=O)[C@H](C)CC(=O)CCN5C(=O)C=CC5=O)cc4)cc3)O[C@]12C(=O)CO. The van der Waals surface area contributed by atoms with E-state index in [9.17, 15) is 39.0 Å². The van der Waals surface area contributed by atoms with Crippen molar-refractivity contribution >= 4 is 46.8 Å². The number of nitrogens with zero attached hydrogens (tertiary/aromatic N) is 1. The number of ketones is 3. The molecule has 1 saturated heterocycles. The van der Waals surface area contributed by atoms with E-state index in [-0.39, 0.29) is 60.5 Å². The van der Waals surface area contributed by atoms with Crippen LogP contribution < -0.4 is 5.32 Å². The molecule has 64 heavy (non-hydrogen) atoms. The van der Waals surface area contributed by atoms with Gasteiger partial charge in [0.2, 0.25) is 5.91 Å². The maximum atomic E-state index is 14.1. The van der Waals surface area contributed by atoms with Crippen molar-refractivity contribution in [2.75, 3.05) is 13.2 Å². The fourth-order valence-corrected chi connectivity index (χ4v) is 12.8. The number of benzene rings is 2. The van der Waals surface area contributed by atoms with Crippen LogP contribution in [0, 0.1) is 34.5 Å². The van der Waals surface area contributed by atoms with Gasteiger partial charge in [-0.15, -0.1) is 0 Å². The van der Waals surface area contributed by atoms with E-state index in [4.69, 9.17) is 9.47 Å². The Balaban J connectivity index is 0.865. The van der Waals surface area contributed by atoms with Crippen LogP contribution in [0.1, 0.15) is 84.3 Å². The van der Waals surface area contributed by atoms with E-state index < -0.39 is 71.1 Å². The van der Waals surface area contributed by atoms with E-state index in [2.05, 4.69) is 44.0 Å². The molecule has 2 aliphatic heterocycles. The molecule has 12 nitrogen and oxygen atoms in total. The minimum Gasteiger partial charge on any atom is -0.393 e. The number of aliphatic hydroxyl groups excluding tert-OH is 2. The lowest BCUT2D eigenvalue weighted by Gasteiger charge is -2.60. The number of rotatable bonds is 15. The Kier molecular flexibility index (Phi) is 12.3. The lowest BCUT2D eigenvalue weighted by Crippen LogP contribution is -2.63. The van der Waals surface area contributed by atoms with E-state index in [1.165, 1.54) is 17.3 Å². The van der Waals surface area contributed by atoms with Crippen LogP contribution >= 0.6 is 11.8 Å². The first kappa shape index (κ1) is 45.8. The Morgan fingerprint density at radius 3 is 2.28 bits per heavy atom. The number of amides is 3. The number of imide groups is 1. The molecular weight excluding hydrogens is 833 g/mol. The van der Waals surface area contributed by atoms with Crippen molar-refractivity contribution in [2.24, 2.45) is 34.5 Å². The van der Waals surface area contributed by atoms with Crippen molar-refractivity contribution in [2.45, 2.75) is 119 Å². The topological polar surface area (TPSA) is 177 Å². The van der Waals surface area contributed by atoms with Crippen LogP contribution in [0.2, 0.25) is 0 Å². The molecule has 3 N–H and O–H groups in total. The van der Waals surface area contributed by atoms with Crippen molar-refractivity contribution in [1.82, 2.24) is 10.2 Å². The third kappa shape index (κ3) is 7.91. The normalized spacial score (nSPS) is 33.5. The van der Waals surface area contributed by atoms with Crippen LogP contribution in [0.25, 0.3) is 0 Å². The molecule has 3 amide bonds. The summed E-state index contributed by atoms with van der Waals surface area (Å²) in [6.07, 6.45) is 10.2. The Bertz CT molecular complexity index is 2350. The highest BCUT2D eigenvalue weighted by Gasteiger charge is 2.77. The first-order valence-electron chi connectivity index (χ1n) is 22.4. The predicted molar refractivity (Wildman–Crippen MR) is 238 cm³/mol. The molecule has 4 fully saturated rings. The molecule has 0 unspecified atom stereocenters. The summed E-state index contributed by atoms with van der Waals surface area (Å²) in [5.41, 5.74) is 1.29. The number of ether oxygens (including phenoxy) is 2. The Morgan fingerprint density at radius 2 is 1.62 bits per heavy atom. The number of allylic oxidation sites excluding steroid dienone is 5. The van der Waals surface area contributed by atoms with Gasteiger partial charge in [-0.05, 0) is 86.8 Å². The number of aliphatic hydroxyl groups is 2. The number of hydrogen-bond acceptors (Lipinski definition) is 11. The van der Waals surface area contributed by atoms with Crippen LogP contribution in [0.5, 0.6) is 0 Å². The van der Waals surface area contributed by atoms with Gasteiger partial charge in [0.1, 0.15) is 12.4 Å². The summed E-state index contributed by atoms with van der Waals surface area (Å²) in [4.78, 5) is 78.8. The van der Waals surface area contributed by atoms with Gasteiger partial charge in [0.25, 0.3) is 11.8 Å². The molecule has 2 aromatic rings. The molecule has 0 radical (unpaired) electrons. The molecular formula is C51H58N2O10S. The fraction of sp³-hybridized carbons (Fsp3) is 0.490. The molecule has 0 bridgehead atoms. The van der Waals surface area contributed by atoms with Gasteiger partial charge in [-0.25, -0.2) is 0 Å². The summed E-state index contributed by atoms with van der Waals surface area (Å²) in [6.45, 7) is 12.7. The van der Waals surface area contributed by atoms with E-state index in [1.807, 2.05) is 55.5 Å². The van der Waals surface area contributed by atoms with E-state index in [0.29, 0.717) is 12.8 Å². The average molecular weight is 891 g/mol. The minimum absolute atomic E-state index is 0.0189. The lowest BCUT2D eigenvalue weighted by molar-refractivity contribution is -0.237. The Labute approximate surface area is 378 Å². The van der Waals surface area contributed by atoms with Gasteiger partial charge < -0.3 is 25.0 Å². The largest absolute Gasteiger partial charge is 0.393 e. The monoisotopic (exact) mass is 890 g/mol. The summed E-state index contributed by atoms with van der Waals surface area (Å²) in [5.74, 6) is -4.00. The van der Waals surface area contributed by atoms with E-state index >= 15 is 0 Å². The van der Waals surface area contributed by atoms with Crippen LogP contribution in [0.3, 0.4) is 0 Å². The Morgan fingerprint density at radius 1 is 0.969 bits per heavy atom. The van der Waals surface area contributed by atoms with Gasteiger partial charge in [-0.3, -0.25) is 33.7 Å². The summed E-state index contributed by atoms with van der Waals surface area (Å²) < 4.78 is 13.8. The fourth-order valence-electron chi connectivity index (χ4n) is 11.9. The highest BCUT2D eigenvalue weighted by Crippen LogP contribution is 2.71. The minimum atomic E-state index is -1.43. The maximum absolute atomic E-state index is 14.1. The zero-order valence-electron chi connectivity index (χ0n) is 37.1. The first-order valence-corrected chi connectivity index (χ1v) is 23.2. The highest BCUT2D eigenvalue weighted by atomic mass is 32.2. The molecule has 6 aliphatic rings. The quantitative estimate of drug-likeness (QED) is 0.176. The number of hydrogen-bond donors (Lipinski definition) is 3. The summed E-state index contributed by atoms with van der Waals surface area (Å²) in [5, 5.41) is 25.2. The summed E-state index contributed by atoms with van der Waals surface area (Å²) in [7, 11) is 0. The molecule has 3 saturated carbocycles. The molecule has 0 aromatic heterocycles. The number of fused-ring (bicyclic) bond motifs is 7. The van der Waals surface area contributed by atoms with Gasteiger partial charge in [-0.2, -0.15) is 0 Å². The number of carbonyl (C=O) groups excluding carboxylic acids is 6. The van der Waals surface area contributed by atoms with Gasteiger partial charge in [0.05, 0.1) is 18.2 Å². The number of carbonyl (C=O) groups is 6. The molecule has 8 rings (SSSR count). The second kappa shape index (κ2) is 17.2. The second-order valence-corrected chi connectivity index (χ2v) is 20.4. The third-order valence-electron chi connectivity index (χ3n) is 15.3. The Hall–Kier alpha value is -4.79. The summed E-state index contributed by atoms with van der Waals surface area (Å²) in [6, 6.07) is 14.6. The van der Waals surface area contributed by atoms with Gasteiger partial charge >= 0.3 is 0 Å².